The maximum atomic E-state index is 12.0. The Balaban J connectivity index is 1.46. The molecule has 0 atom stereocenters. The van der Waals surface area contributed by atoms with Crippen LogP contribution in [0.15, 0.2) is 63.8 Å². The molecule has 5 rings (SSSR count). The van der Waals surface area contributed by atoms with E-state index in [1.165, 1.54) is 7.05 Å². The van der Waals surface area contributed by atoms with Crippen LogP contribution in [-0.2, 0) is 6.42 Å². The molecule has 3 heterocycles. The molecular formula is C22H17N5O4. The highest BCUT2D eigenvalue weighted by Crippen LogP contribution is 2.28. The van der Waals surface area contributed by atoms with E-state index >= 15 is 0 Å². The van der Waals surface area contributed by atoms with E-state index in [0.717, 1.165) is 21.5 Å². The smallest absolute Gasteiger partial charge is 0.413 e. The van der Waals surface area contributed by atoms with Gasteiger partial charge in [-0.2, -0.15) is 5.10 Å². The molecule has 0 aliphatic carbocycles. The highest BCUT2D eigenvalue weighted by Gasteiger charge is 2.15. The molecule has 2 aromatic carbocycles. The van der Waals surface area contributed by atoms with Gasteiger partial charge in [0, 0.05) is 18.0 Å². The van der Waals surface area contributed by atoms with Gasteiger partial charge in [-0.15, -0.1) is 0 Å². The largest absolute Gasteiger partial charge is 0.465 e. The number of anilines is 1. The normalized spacial score (nSPS) is 11.3. The molecular weight excluding hydrogens is 398 g/mol. The van der Waals surface area contributed by atoms with Gasteiger partial charge < -0.3 is 14.5 Å². The molecule has 154 valence electrons. The summed E-state index contributed by atoms with van der Waals surface area (Å²) in [5, 5.41) is 17.2. The number of fused-ring (bicyclic) bond motifs is 2. The Morgan fingerprint density at radius 3 is 2.74 bits per heavy atom. The number of hydrogen-bond acceptors (Lipinski definition) is 5. The van der Waals surface area contributed by atoms with Crippen molar-refractivity contribution in [2.75, 3.05) is 11.9 Å². The maximum Gasteiger partial charge on any atom is 0.413 e. The quantitative estimate of drug-likeness (QED) is 0.410. The van der Waals surface area contributed by atoms with Gasteiger partial charge in [-0.25, -0.2) is 14.9 Å². The van der Waals surface area contributed by atoms with E-state index in [4.69, 9.17) is 9.52 Å². The van der Waals surface area contributed by atoms with Crippen molar-refractivity contribution in [2.45, 2.75) is 6.42 Å². The van der Waals surface area contributed by atoms with Crippen molar-refractivity contribution in [3.8, 4) is 11.3 Å². The van der Waals surface area contributed by atoms with Crippen LogP contribution in [0.4, 0.5) is 10.7 Å². The average molecular weight is 415 g/mol. The number of benzene rings is 2. The molecule has 3 aromatic heterocycles. The first-order valence-electron chi connectivity index (χ1n) is 9.51. The van der Waals surface area contributed by atoms with Crippen LogP contribution in [0.2, 0.25) is 0 Å². The summed E-state index contributed by atoms with van der Waals surface area (Å²) in [6, 6.07) is 16.6. The number of rotatable bonds is 4. The Morgan fingerprint density at radius 2 is 1.94 bits per heavy atom. The molecule has 0 aliphatic heterocycles. The number of amides is 1. The van der Waals surface area contributed by atoms with Crippen LogP contribution in [-0.4, -0.2) is 38.4 Å². The van der Waals surface area contributed by atoms with Crippen LogP contribution in [0, 0.1) is 0 Å². The summed E-state index contributed by atoms with van der Waals surface area (Å²) in [5.41, 5.74) is 2.68. The van der Waals surface area contributed by atoms with Gasteiger partial charge in [0.05, 0.1) is 28.5 Å². The third kappa shape index (κ3) is 3.31. The lowest BCUT2D eigenvalue weighted by Crippen LogP contribution is -2.24. The first-order valence-corrected chi connectivity index (χ1v) is 9.51. The first-order chi connectivity index (χ1) is 15.0. The van der Waals surface area contributed by atoms with Gasteiger partial charge in [-0.3, -0.25) is 9.69 Å². The van der Waals surface area contributed by atoms with E-state index in [1.54, 1.807) is 12.1 Å². The number of carboxylic acid groups (broad SMARTS) is 1. The minimum Gasteiger partial charge on any atom is -0.465 e. The molecule has 9 nitrogen and oxygen atoms in total. The van der Waals surface area contributed by atoms with Gasteiger partial charge in [0.1, 0.15) is 11.5 Å². The summed E-state index contributed by atoms with van der Waals surface area (Å²) in [7, 11) is 1.42. The number of nitrogens with one attached hydrogen (secondary N) is 2. The summed E-state index contributed by atoms with van der Waals surface area (Å²) in [6.07, 6.45) is -0.671. The van der Waals surface area contributed by atoms with Crippen molar-refractivity contribution in [3.05, 3.63) is 76.4 Å². The summed E-state index contributed by atoms with van der Waals surface area (Å²) in [6.45, 7) is 0. The molecule has 0 radical (unpaired) electrons. The number of furan rings is 1. The molecule has 31 heavy (non-hydrogen) atoms. The summed E-state index contributed by atoms with van der Waals surface area (Å²) in [4.78, 5) is 31.4. The zero-order valence-electron chi connectivity index (χ0n) is 16.4. The minimum atomic E-state index is -1.10. The molecule has 1 amide bonds. The van der Waals surface area contributed by atoms with Gasteiger partial charge in [0.15, 0.2) is 0 Å². The fourth-order valence-corrected chi connectivity index (χ4v) is 3.50. The predicted octanol–water partition coefficient (Wildman–Crippen LogP) is 3.76. The number of carbonyl (C=O) groups is 1. The lowest BCUT2D eigenvalue weighted by atomic mass is 10.1. The first kappa shape index (κ1) is 18.6. The average Bonchev–Trinajstić information content (AvgIpc) is 3.41. The second kappa shape index (κ2) is 7.13. The summed E-state index contributed by atoms with van der Waals surface area (Å²) >= 11 is 0. The Hall–Kier alpha value is -4.40. The molecule has 5 aromatic rings. The molecule has 9 heteroatoms. The second-order valence-electron chi connectivity index (χ2n) is 7.12. The minimum absolute atomic E-state index is 0.222. The fraction of sp³-hybridized carbons (Fsp3) is 0.0909. The lowest BCUT2D eigenvalue weighted by Gasteiger charge is -2.07. The highest BCUT2D eigenvalue weighted by molar-refractivity contribution is 5.88. The number of hydrogen-bond donors (Lipinski definition) is 3. The standard InChI is InChI=1S/C22H17N5O4/c1-27(22(29)30)21-23-16-8-6-12(10-18(16)24-21)19-9-7-13(31-19)11-17-14-4-2-3-5-15(14)20(28)26-25-17/h2-10H,11H2,1H3,(H,23,24)(H,26,28)(H,29,30). The van der Waals surface area contributed by atoms with E-state index in [-0.39, 0.29) is 11.5 Å². The van der Waals surface area contributed by atoms with Gasteiger partial charge in [0.2, 0.25) is 5.95 Å². The lowest BCUT2D eigenvalue weighted by molar-refractivity contribution is 0.203. The summed E-state index contributed by atoms with van der Waals surface area (Å²) in [5.74, 6) is 1.61. The van der Waals surface area contributed by atoms with Crippen molar-refractivity contribution in [2.24, 2.45) is 0 Å². The Morgan fingerprint density at radius 1 is 1.13 bits per heavy atom. The molecule has 0 aliphatic rings. The third-order valence-corrected chi connectivity index (χ3v) is 5.14. The van der Waals surface area contributed by atoms with E-state index < -0.39 is 6.09 Å². The zero-order valence-corrected chi connectivity index (χ0v) is 16.4. The van der Waals surface area contributed by atoms with Crippen LogP contribution in [0.5, 0.6) is 0 Å². The molecule has 0 bridgehead atoms. The van der Waals surface area contributed by atoms with E-state index in [2.05, 4.69) is 20.2 Å². The zero-order chi connectivity index (χ0) is 21.5. The Bertz CT molecular complexity index is 1500. The molecule has 0 spiro atoms. The van der Waals surface area contributed by atoms with Crippen LogP contribution < -0.4 is 10.5 Å². The van der Waals surface area contributed by atoms with Crippen molar-refractivity contribution < 1.29 is 14.3 Å². The molecule has 0 unspecified atom stereocenters. The topological polar surface area (TPSA) is 128 Å². The second-order valence-corrected chi connectivity index (χ2v) is 7.12. The third-order valence-electron chi connectivity index (χ3n) is 5.14. The van der Waals surface area contributed by atoms with Crippen molar-refractivity contribution >= 4 is 33.8 Å². The van der Waals surface area contributed by atoms with E-state index in [1.807, 2.05) is 42.5 Å². The van der Waals surface area contributed by atoms with Crippen LogP contribution in [0.25, 0.3) is 33.1 Å². The fourth-order valence-electron chi connectivity index (χ4n) is 3.50. The maximum absolute atomic E-state index is 12.0. The Kier molecular flexibility index (Phi) is 4.28. The Labute approximate surface area is 175 Å². The SMILES string of the molecule is CN(C(=O)O)c1nc2ccc(-c3ccc(Cc4n[nH]c(=O)c5ccccc45)o3)cc2[nH]1. The van der Waals surface area contributed by atoms with E-state index in [9.17, 15) is 9.59 Å². The summed E-state index contributed by atoms with van der Waals surface area (Å²) < 4.78 is 6.02. The van der Waals surface area contributed by atoms with Gasteiger partial charge >= 0.3 is 6.09 Å². The van der Waals surface area contributed by atoms with Crippen molar-refractivity contribution in [1.82, 2.24) is 20.2 Å². The molecule has 0 saturated heterocycles. The number of nitrogens with zero attached hydrogens (tertiary/aromatic N) is 3. The van der Waals surface area contributed by atoms with Crippen molar-refractivity contribution in [1.29, 1.82) is 0 Å². The number of aromatic nitrogens is 4. The highest BCUT2D eigenvalue weighted by atomic mass is 16.4. The molecule has 0 fully saturated rings. The van der Waals surface area contributed by atoms with Crippen LogP contribution >= 0.6 is 0 Å². The van der Waals surface area contributed by atoms with Gasteiger partial charge in [-0.1, -0.05) is 18.2 Å². The predicted molar refractivity (Wildman–Crippen MR) is 115 cm³/mol. The van der Waals surface area contributed by atoms with Crippen LogP contribution in [0.3, 0.4) is 0 Å². The van der Waals surface area contributed by atoms with Gasteiger partial charge in [0.25, 0.3) is 5.56 Å². The van der Waals surface area contributed by atoms with E-state index in [0.29, 0.717) is 34.4 Å². The van der Waals surface area contributed by atoms with Gasteiger partial charge in [-0.05, 0) is 36.4 Å². The molecule has 3 N–H and O–H groups in total. The monoisotopic (exact) mass is 415 g/mol. The number of aromatic amines is 2. The number of imidazole rings is 1. The molecule has 0 saturated carbocycles. The van der Waals surface area contributed by atoms with Crippen LogP contribution in [0.1, 0.15) is 11.5 Å². The number of H-pyrrole nitrogens is 2. The van der Waals surface area contributed by atoms with Crippen molar-refractivity contribution in [3.63, 3.8) is 0 Å².